The van der Waals surface area contributed by atoms with Gasteiger partial charge in [0.2, 0.25) is 0 Å². The molecule has 1 amide bonds. The van der Waals surface area contributed by atoms with E-state index in [0.717, 1.165) is 18.4 Å². The van der Waals surface area contributed by atoms with Crippen LogP contribution in [0.25, 0.3) is 11.3 Å². The van der Waals surface area contributed by atoms with Crippen LogP contribution in [0.4, 0.5) is 5.69 Å². The van der Waals surface area contributed by atoms with Crippen molar-refractivity contribution in [3.63, 3.8) is 0 Å². The quantitative estimate of drug-likeness (QED) is 0.748. The average molecular weight is 298 g/mol. The summed E-state index contributed by atoms with van der Waals surface area (Å²) in [5.41, 5.74) is 7.22. The van der Waals surface area contributed by atoms with Crippen molar-refractivity contribution in [2.45, 2.75) is 37.4 Å². The van der Waals surface area contributed by atoms with Crippen LogP contribution in [-0.2, 0) is 0 Å². The normalized spacial score (nSPS) is 26.3. The van der Waals surface area contributed by atoms with E-state index in [-0.39, 0.29) is 17.8 Å². The highest BCUT2D eigenvalue weighted by Gasteiger charge is 2.40. The van der Waals surface area contributed by atoms with Gasteiger partial charge in [-0.05, 0) is 31.4 Å². The molecule has 3 unspecified atom stereocenters. The Hall–Kier alpha value is -2.34. The molecular weight excluding hydrogens is 280 g/mol. The molecule has 2 aliphatic heterocycles. The molecule has 6 heteroatoms. The van der Waals surface area contributed by atoms with E-state index in [9.17, 15) is 4.79 Å². The molecule has 4 N–H and O–H groups in total. The van der Waals surface area contributed by atoms with Crippen molar-refractivity contribution in [2.75, 3.05) is 5.73 Å². The van der Waals surface area contributed by atoms with Gasteiger partial charge in [-0.1, -0.05) is 12.1 Å². The van der Waals surface area contributed by atoms with E-state index in [2.05, 4.69) is 15.6 Å². The molecule has 2 bridgehead atoms. The van der Waals surface area contributed by atoms with Gasteiger partial charge in [0, 0.05) is 29.4 Å². The van der Waals surface area contributed by atoms with Gasteiger partial charge < -0.3 is 20.8 Å². The molecule has 2 aliphatic rings. The second-order valence-corrected chi connectivity index (χ2v) is 6.02. The van der Waals surface area contributed by atoms with E-state index in [0.29, 0.717) is 23.5 Å². The first kappa shape index (κ1) is 13.3. The topological polar surface area (TPSA) is 93.2 Å². The number of carbonyl (C=O) groups excluding carboxylic acids is 1. The summed E-state index contributed by atoms with van der Waals surface area (Å²) in [6.07, 6.45) is 4.87. The lowest BCUT2D eigenvalue weighted by Crippen LogP contribution is -2.43. The first-order valence-corrected chi connectivity index (χ1v) is 7.58. The Morgan fingerprint density at radius 2 is 2.32 bits per heavy atom. The number of nitrogen functional groups attached to an aromatic ring is 1. The summed E-state index contributed by atoms with van der Waals surface area (Å²) in [7, 11) is 0. The number of amides is 1. The lowest BCUT2D eigenvalue weighted by Gasteiger charge is -2.20. The summed E-state index contributed by atoms with van der Waals surface area (Å²) in [6.45, 7) is 0. The monoisotopic (exact) mass is 298 g/mol. The zero-order valence-corrected chi connectivity index (χ0v) is 12.1. The zero-order valence-electron chi connectivity index (χ0n) is 12.1. The fraction of sp³-hybridized carbons (Fsp3) is 0.375. The second-order valence-electron chi connectivity index (χ2n) is 6.02. The van der Waals surface area contributed by atoms with E-state index in [1.165, 1.54) is 6.42 Å². The van der Waals surface area contributed by atoms with Crippen LogP contribution >= 0.6 is 0 Å². The summed E-state index contributed by atoms with van der Waals surface area (Å²) >= 11 is 0. The number of fused-ring (bicyclic) bond motifs is 2. The molecule has 22 heavy (non-hydrogen) atoms. The van der Waals surface area contributed by atoms with Crippen LogP contribution < -0.4 is 16.4 Å². The highest BCUT2D eigenvalue weighted by Crippen LogP contribution is 2.28. The van der Waals surface area contributed by atoms with Gasteiger partial charge in [-0.25, -0.2) is 4.98 Å². The van der Waals surface area contributed by atoms with Crippen LogP contribution in [0.15, 0.2) is 34.9 Å². The van der Waals surface area contributed by atoms with E-state index in [4.69, 9.17) is 10.2 Å². The Bertz CT molecular complexity index is 712. The number of oxazole rings is 1. The van der Waals surface area contributed by atoms with Gasteiger partial charge in [0.15, 0.2) is 5.76 Å². The molecule has 2 aromatic rings. The Kier molecular flexibility index (Phi) is 3.11. The molecule has 114 valence electrons. The van der Waals surface area contributed by atoms with E-state index in [1.807, 2.05) is 12.1 Å². The van der Waals surface area contributed by atoms with Gasteiger partial charge in [-0.2, -0.15) is 0 Å². The number of carbonyl (C=O) groups is 1. The first-order valence-electron chi connectivity index (χ1n) is 7.58. The van der Waals surface area contributed by atoms with Gasteiger partial charge >= 0.3 is 5.91 Å². The molecule has 6 nitrogen and oxygen atoms in total. The predicted octanol–water partition coefficient (Wildman–Crippen LogP) is 1.55. The average Bonchev–Trinajstić information content (AvgIpc) is 3.23. The van der Waals surface area contributed by atoms with Crippen molar-refractivity contribution in [1.29, 1.82) is 0 Å². The van der Waals surface area contributed by atoms with Crippen LogP contribution in [0.1, 0.15) is 29.9 Å². The lowest BCUT2D eigenvalue weighted by atomic mass is 9.95. The zero-order chi connectivity index (χ0) is 15.1. The Balaban J connectivity index is 1.48. The van der Waals surface area contributed by atoms with Crippen LogP contribution in [-0.4, -0.2) is 29.0 Å². The number of hydrogen-bond donors (Lipinski definition) is 3. The third-order valence-corrected chi connectivity index (χ3v) is 4.49. The highest BCUT2D eigenvalue weighted by molar-refractivity contribution is 5.90. The molecule has 4 rings (SSSR count). The maximum Gasteiger partial charge on any atom is 0.307 e. The predicted molar refractivity (Wildman–Crippen MR) is 82.2 cm³/mol. The van der Waals surface area contributed by atoms with Gasteiger partial charge in [0.05, 0.1) is 6.20 Å². The van der Waals surface area contributed by atoms with Crippen LogP contribution in [0.3, 0.4) is 0 Å². The Morgan fingerprint density at radius 1 is 1.41 bits per heavy atom. The fourth-order valence-electron chi connectivity index (χ4n) is 3.42. The number of aromatic nitrogens is 1. The smallest absolute Gasteiger partial charge is 0.307 e. The minimum absolute atomic E-state index is 0.0974. The summed E-state index contributed by atoms with van der Waals surface area (Å²) < 4.78 is 5.58. The number of nitrogens with one attached hydrogen (secondary N) is 2. The number of hydrogen-bond acceptors (Lipinski definition) is 5. The van der Waals surface area contributed by atoms with E-state index >= 15 is 0 Å². The van der Waals surface area contributed by atoms with E-state index < -0.39 is 0 Å². The minimum Gasteiger partial charge on any atom is -0.432 e. The molecule has 0 aliphatic carbocycles. The van der Waals surface area contributed by atoms with Crippen molar-refractivity contribution in [1.82, 2.24) is 15.6 Å². The number of anilines is 1. The third kappa shape index (κ3) is 2.35. The number of benzene rings is 1. The van der Waals surface area contributed by atoms with Crippen LogP contribution in [0.5, 0.6) is 0 Å². The Labute approximate surface area is 128 Å². The standard InChI is InChI=1S/C16H18N4O2/c17-10-3-1-2-9(6-10)14-8-18-16(22-14)15(21)20-13-7-11-4-5-12(13)19-11/h1-3,6,8,11-13,19H,4-5,7,17H2,(H,20,21). The molecule has 2 fully saturated rings. The molecule has 1 aromatic heterocycles. The lowest BCUT2D eigenvalue weighted by molar-refractivity contribution is 0.0896. The van der Waals surface area contributed by atoms with Crippen LogP contribution in [0, 0.1) is 0 Å². The summed E-state index contributed by atoms with van der Waals surface area (Å²) in [5, 5.41) is 6.51. The second kappa shape index (κ2) is 5.14. The third-order valence-electron chi connectivity index (χ3n) is 4.49. The molecule has 2 saturated heterocycles. The molecular formula is C16H18N4O2. The van der Waals surface area contributed by atoms with Crippen molar-refractivity contribution in [3.05, 3.63) is 36.4 Å². The largest absolute Gasteiger partial charge is 0.432 e. The molecule has 0 radical (unpaired) electrons. The molecule has 3 atom stereocenters. The SMILES string of the molecule is Nc1cccc(-c2cnc(C(=O)NC3CC4CCC3N4)o2)c1. The van der Waals surface area contributed by atoms with E-state index in [1.54, 1.807) is 18.3 Å². The van der Waals surface area contributed by atoms with Gasteiger partial charge in [0.25, 0.3) is 5.89 Å². The summed E-state index contributed by atoms with van der Waals surface area (Å²) in [5.74, 6) is 0.387. The first-order chi connectivity index (χ1) is 10.7. The van der Waals surface area contributed by atoms with Gasteiger partial charge in [0.1, 0.15) is 0 Å². The summed E-state index contributed by atoms with van der Waals surface area (Å²) in [4.78, 5) is 16.4. The number of nitrogens with zero attached hydrogens (tertiary/aromatic N) is 1. The van der Waals surface area contributed by atoms with Crippen molar-refractivity contribution in [2.24, 2.45) is 0 Å². The minimum atomic E-state index is -0.255. The van der Waals surface area contributed by atoms with Crippen LogP contribution in [0.2, 0.25) is 0 Å². The van der Waals surface area contributed by atoms with Crippen molar-refractivity contribution in [3.8, 4) is 11.3 Å². The number of nitrogens with two attached hydrogens (primary N) is 1. The van der Waals surface area contributed by atoms with Gasteiger partial charge in [-0.3, -0.25) is 4.79 Å². The fourth-order valence-corrected chi connectivity index (χ4v) is 3.42. The molecule has 3 heterocycles. The molecule has 0 spiro atoms. The molecule has 1 aromatic carbocycles. The number of rotatable bonds is 3. The maximum absolute atomic E-state index is 12.3. The van der Waals surface area contributed by atoms with Crippen molar-refractivity contribution < 1.29 is 9.21 Å². The van der Waals surface area contributed by atoms with Crippen molar-refractivity contribution >= 4 is 11.6 Å². The van der Waals surface area contributed by atoms with Gasteiger partial charge in [-0.15, -0.1) is 0 Å². The molecule has 0 saturated carbocycles. The summed E-state index contributed by atoms with van der Waals surface area (Å²) in [6, 6.07) is 8.42. The Morgan fingerprint density at radius 3 is 3.05 bits per heavy atom. The maximum atomic E-state index is 12.3. The highest BCUT2D eigenvalue weighted by atomic mass is 16.4.